The molecule has 0 atom stereocenters. The van der Waals surface area contributed by atoms with Crippen LogP contribution in [0, 0.1) is 5.92 Å². The van der Waals surface area contributed by atoms with Crippen molar-refractivity contribution in [2.45, 2.75) is 30.4 Å². The second-order valence-electron chi connectivity index (χ2n) is 6.75. The van der Waals surface area contributed by atoms with Crippen molar-refractivity contribution in [3.63, 3.8) is 0 Å². The number of aromatic nitrogens is 1. The van der Waals surface area contributed by atoms with Crippen LogP contribution in [0.25, 0.3) is 0 Å². The average Bonchev–Trinajstić information content (AvgIpc) is 2.62. The molecular weight excluding hydrogens is 416 g/mol. The zero-order valence-corrected chi connectivity index (χ0v) is 17.0. The van der Waals surface area contributed by atoms with Gasteiger partial charge in [-0.1, -0.05) is 19.1 Å². The third kappa shape index (κ3) is 4.32. The normalized spacial score (nSPS) is 15.8. The summed E-state index contributed by atoms with van der Waals surface area (Å²) in [5, 5.41) is 0. The van der Waals surface area contributed by atoms with Gasteiger partial charge in [0.1, 0.15) is 0 Å². The molecule has 1 aliphatic rings. The summed E-state index contributed by atoms with van der Waals surface area (Å²) in [6, 6.07) is 8.36. The van der Waals surface area contributed by atoms with Crippen molar-refractivity contribution in [2.75, 3.05) is 13.1 Å². The minimum Gasteiger partial charge on any atom is -0.339 e. The smallest absolute Gasteiger partial charge is 0.255 e. The average molecular weight is 437 g/mol. The van der Waals surface area contributed by atoms with Gasteiger partial charge in [-0.2, -0.15) is 0 Å². The lowest BCUT2D eigenvalue weighted by Crippen LogP contribution is -2.38. The van der Waals surface area contributed by atoms with E-state index in [0.717, 1.165) is 25.9 Å². The SMILES string of the molecule is CC1CCN(C(=O)c2cncc(CS(=O)(=O)c3ccccc3Br)c2)CC1. The van der Waals surface area contributed by atoms with Crippen LogP contribution in [0.1, 0.15) is 35.7 Å². The highest BCUT2D eigenvalue weighted by atomic mass is 79.9. The summed E-state index contributed by atoms with van der Waals surface area (Å²) in [4.78, 5) is 18.8. The molecule has 26 heavy (non-hydrogen) atoms. The molecule has 0 radical (unpaired) electrons. The highest BCUT2D eigenvalue weighted by Gasteiger charge is 2.23. The molecule has 0 aliphatic carbocycles. The molecule has 1 amide bonds. The van der Waals surface area contributed by atoms with Crippen molar-refractivity contribution < 1.29 is 13.2 Å². The number of carbonyl (C=O) groups is 1. The van der Waals surface area contributed by atoms with Gasteiger partial charge in [-0.05, 0) is 58.5 Å². The maximum absolute atomic E-state index is 12.7. The summed E-state index contributed by atoms with van der Waals surface area (Å²) in [6.07, 6.45) is 5.00. The summed E-state index contributed by atoms with van der Waals surface area (Å²) >= 11 is 3.28. The van der Waals surface area contributed by atoms with Gasteiger partial charge in [0.05, 0.1) is 16.2 Å². The number of carbonyl (C=O) groups excluding carboxylic acids is 1. The van der Waals surface area contributed by atoms with E-state index >= 15 is 0 Å². The molecule has 1 aromatic heterocycles. The number of sulfone groups is 1. The first kappa shape index (κ1) is 19.0. The minimum absolute atomic E-state index is 0.0791. The molecule has 1 fully saturated rings. The van der Waals surface area contributed by atoms with E-state index in [1.807, 2.05) is 4.90 Å². The van der Waals surface area contributed by atoms with Gasteiger partial charge in [-0.3, -0.25) is 9.78 Å². The number of pyridine rings is 1. The lowest BCUT2D eigenvalue weighted by molar-refractivity contribution is 0.0696. The Hall–Kier alpha value is -1.73. The number of amides is 1. The van der Waals surface area contributed by atoms with E-state index in [2.05, 4.69) is 27.8 Å². The van der Waals surface area contributed by atoms with Crippen LogP contribution in [0.4, 0.5) is 0 Å². The van der Waals surface area contributed by atoms with E-state index in [-0.39, 0.29) is 16.6 Å². The highest BCUT2D eigenvalue weighted by molar-refractivity contribution is 9.10. The molecule has 2 heterocycles. The molecule has 0 bridgehead atoms. The van der Waals surface area contributed by atoms with Crippen molar-refractivity contribution in [3.05, 3.63) is 58.3 Å². The standard InChI is InChI=1S/C19H21BrN2O3S/c1-14-6-8-22(9-7-14)19(23)16-10-15(11-21-12-16)13-26(24,25)18-5-3-2-4-17(18)20/h2-5,10-12,14H,6-9,13H2,1H3. The van der Waals surface area contributed by atoms with Crippen molar-refractivity contribution in [3.8, 4) is 0 Å². The molecule has 3 rings (SSSR count). The maximum Gasteiger partial charge on any atom is 0.255 e. The molecule has 1 aromatic carbocycles. The third-order valence-corrected chi connectivity index (χ3v) is 7.33. The monoisotopic (exact) mass is 436 g/mol. The molecular formula is C19H21BrN2O3S. The first-order chi connectivity index (χ1) is 12.4. The highest BCUT2D eigenvalue weighted by Crippen LogP contribution is 2.25. The molecule has 7 heteroatoms. The number of likely N-dealkylation sites (tertiary alicyclic amines) is 1. The van der Waals surface area contributed by atoms with E-state index < -0.39 is 9.84 Å². The van der Waals surface area contributed by atoms with Crippen LogP contribution in [-0.4, -0.2) is 37.3 Å². The zero-order valence-electron chi connectivity index (χ0n) is 14.6. The second kappa shape index (κ2) is 7.88. The van der Waals surface area contributed by atoms with E-state index in [0.29, 0.717) is 21.5 Å². The van der Waals surface area contributed by atoms with E-state index in [4.69, 9.17) is 0 Å². The Morgan fingerprint density at radius 2 is 1.92 bits per heavy atom. The number of hydrogen-bond acceptors (Lipinski definition) is 4. The third-order valence-electron chi connectivity index (χ3n) is 4.64. The van der Waals surface area contributed by atoms with Crippen molar-refractivity contribution in [1.82, 2.24) is 9.88 Å². The molecule has 1 saturated heterocycles. The van der Waals surface area contributed by atoms with Crippen LogP contribution in [0.15, 0.2) is 52.1 Å². The molecule has 2 aromatic rings. The summed E-state index contributed by atoms with van der Waals surface area (Å²) in [7, 11) is -3.53. The topological polar surface area (TPSA) is 67.3 Å². The molecule has 1 aliphatic heterocycles. The lowest BCUT2D eigenvalue weighted by atomic mass is 9.99. The number of nitrogens with zero attached hydrogens (tertiary/aromatic N) is 2. The van der Waals surface area contributed by atoms with Crippen LogP contribution >= 0.6 is 15.9 Å². The predicted molar refractivity (Wildman–Crippen MR) is 104 cm³/mol. The lowest BCUT2D eigenvalue weighted by Gasteiger charge is -2.30. The number of hydrogen-bond donors (Lipinski definition) is 0. The van der Waals surface area contributed by atoms with E-state index in [1.165, 1.54) is 12.4 Å². The number of benzene rings is 1. The number of rotatable bonds is 4. The quantitative estimate of drug-likeness (QED) is 0.732. The van der Waals surface area contributed by atoms with Gasteiger partial charge in [0.15, 0.2) is 9.84 Å². The number of piperidine rings is 1. The Balaban J connectivity index is 1.79. The predicted octanol–water partition coefficient (Wildman–Crippen LogP) is 3.69. The van der Waals surface area contributed by atoms with Gasteiger partial charge in [0, 0.05) is 30.0 Å². The van der Waals surface area contributed by atoms with E-state index in [1.54, 1.807) is 30.3 Å². The van der Waals surface area contributed by atoms with Gasteiger partial charge in [0.25, 0.3) is 5.91 Å². The van der Waals surface area contributed by atoms with E-state index in [9.17, 15) is 13.2 Å². The summed E-state index contributed by atoms with van der Waals surface area (Å²) < 4.78 is 25.9. The Bertz CT molecular complexity index is 907. The first-order valence-electron chi connectivity index (χ1n) is 8.57. The molecule has 138 valence electrons. The maximum atomic E-state index is 12.7. The molecule has 0 spiro atoms. The fourth-order valence-electron chi connectivity index (χ4n) is 3.07. The van der Waals surface area contributed by atoms with Crippen molar-refractivity contribution >= 4 is 31.7 Å². The first-order valence-corrected chi connectivity index (χ1v) is 11.0. The minimum atomic E-state index is -3.53. The van der Waals surface area contributed by atoms with Gasteiger partial charge in [-0.15, -0.1) is 0 Å². The van der Waals surface area contributed by atoms with Gasteiger partial charge >= 0.3 is 0 Å². The summed E-state index contributed by atoms with van der Waals surface area (Å²) in [5.74, 6) is 0.364. The fraction of sp³-hybridized carbons (Fsp3) is 0.368. The van der Waals surface area contributed by atoms with Gasteiger partial charge < -0.3 is 4.90 Å². The van der Waals surface area contributed by atoms with Gasteiger partial charge in [-0.25, -0.2) is 8.42 Å². The van der Waals surface area contributed by atoms with Crippen LogP contribution in [-0.2, 0) is 15.6 Å². The molecule has 0 N–H and O–H groups in total. The number of halogens is 1. The summed E-state index contributed by atoms with van der Waals surface area (Å²) in [5.41, 5.74) is 0.955. The zero-order chi connectivity index (χ0) is 18.7. The van der Waals surface area contributed by atoms with Gasteiger partial charge in [0.2, 0.25) is 0 Å². The Labute approximate surface area is 162 Å². The Kier molecular flexibility index (Phi) is 5.77. The van der Waals surface area contributed by atoms with Crippen LogP contribution < -0.4 is 0 Å². The van der Waals surface area contributed by atoms with Crippen LogP contribution in [0.3, 0.4) is 0 Å². The summed E-state index contributed by atoms with van der Waals surface area (Å²) in [6.45, 7) is 3.66. The Morgan fingerprint density at radius 3 is 2.62 bits per heavy atom. The van der Waals surface area contributed by atoms with Crippen LogP contribution in [0.2, 0.25) is 0 Å². The molecule has 0 saturated carbocycles. The second-order valence-corrected chi connectivity index (χ2v) is 9.56. The largest absolute Gasteiger partial charge is 0.339 e. The fourth-order valence-corrected chi connectivity index (χ4v) is 5.50. The van der Waals surface area contributed by atoms with Crippen molar-refractivity contribution in [2.24, 2.45) is 5.92 Å². The molecule has 5 nitrogen and oxygen atoms in total. The Morgan fingerprint density at radius 1 is 1.23 bits per heavy atom. The van der Waals surface area contributed by atoms with Crippen molar-refractivity contribution in [1.29, 1.82) is 0 Å². The molecule has 0 unspecified atom stereocenters. The van der Waals surface area contributed by atoms with Crippen LogP contribution in [0.5, 0.6) is 0 Å².